The van der Waals surface area contributed by atoms with Gasteiger partial charge in [0.1, 0.15) is 4.83 Å². The van der Waals surface area contributed by atoms with E-state index in [1.165, 1.54) is 17.7 Å². The van der Waals surface area contributed by atoms with Gasteiger partial charge in [0.2, 0.25) is 0 Å². The van der Waals surface area contributed by atoms with E-state index in [0.29, 0.717) is 10.7 Å². The Bertz CT molecular complexity index is 1330. The molecule has 0 unspecified atom stereocenters. The number of hydrogen-bond donors (Lipinski definition) is 1. The van der Waals surface area contributed by atoms with Gasteiger partial charge in [0.05, 0.1) is 10.6 Å². The second kappa shape index (κ2) is 7.44. The summed E-state index contributed by atoms with van der Waals surface area (Å²) in [6.45, 7) is 5.93. The molecular formula is C22H19ClN2O2S2. The molecule has 0 spiro atoms. The maximum atomic E-state index is 13.0. The number of halogens is 1. The third-order valence-electron chi connectivity index (χ3n) is 4.66. The van der Waals surface area contributed by atoms with Crippen LogP contribution in [0, 0.1) is 20.8 Å². The van der Waals surface area contributed by atoms with E-state index in [1.807, 2.05) is 20.8 Å². The topological polar surface area (TPSA) is 59.1 Å². The lowest BCUT2D eigenvalue weighted by molar-refractivity contribution is 0.601. The van der Waals surface area contributed by atoms with Crippen LogP contribution in [0.1, 0.15) is 16.1 Å². The number of nitrogens with one attached hydrogen (secondary N) is 1. The molecule has 2 aromatic carbocycles. The predicted octanol–water partition coefficient (Wildman–Crippen LogP) is 6.34. The zero-order valence-electron chi connectivity index (χ0n) is 16.2. The van der Waals surface area contributed by atoms with Gasteiger partial charge >= 0.3 is 0 Å². The SMILES string of the molecule is Cc1ccc(-c2c(C)sc3nc(C)cc(NS(=O)(=O)c4cccc(Cl)c4)c23)cc1. The van der Waals surface area contributed by atoms with Crippen molar-refractivity contribution in [1.29, 1.82) is 0 Å². The van der Waals surface area contributed by atoms with Crippen molar-refractivity contribution in [2.24, 2.45) is 0 Å². The predicted molar refractivity (Wildman–Crippen MR) is 122 cm³/mol. The molecule has 0 aliphatic rings. The van der Waals surface area contributed by atoms with Gasteiger partial charge < -0.3 is 0 Å². The molecule has 0 bridgehead atoms. The molecule has 1 N–H and O–H groups in total. The number of hydrogen-bond acceptors (Lipinski definition) is 4. The summed E-state index contributed by atoms with van der Waals surface area (Å²) in [5, 5.41) is 1.18. The Hall–Kier alpha value is -2.41. The maximum absolute atomic E-state index is 13.0. The van der Waals surface area contributed by atoms with Crippen LogP contribution in [0.25, 0.3) is 21.3 Å². The highest BCUT2D eigenvalue weighted by Crippen LogP contribution is 2.42. The lowest BCUT2D eigenvalue weighted by Gasteiger charge is -2.12. The van der Waals surface area contributed by atoms with Crippen LogP contribution in [-0.2, 0) is 10.0 Å². The molecule has 4 rings (SSSR count). The van der Waals surface area contributed by atoms with Crippen LogP contribution in [0.2, 0.25) is 5.02 Å². The van der Waals surface area contributed by atoms with E-state index < -0.39 is 10.0 Å². The van der Waals surface area contributed by atoms with Gasteiger partial charge in [0, 0.05) is 26.5 Å². The lowest BCUT2D eigenvalue weighted by atomic mass is 10.0. The number of sulfonamides is 1. The second-order valence-corrected chi connectivity index (χ2v) is 10.3. The first-order valence-electron chi connectivity index (χ1n) is 9.01. The quantitative estimate of drug-likeness (QED) is 0.401. The van der Waals surface area contributed by atoms with Crippen molar-refractivity contribution < 1.29 is 8.42 Å². The Kier molecular flexibility index (Phi) is 5.11. The van der Waals surface area contributed by atoms with E-state index >= 15 is 0 Å². The summed E-state index contributed by atoms with van der Waals surface area (Å²) in [7, 11) is -3.80. The number of aromatic nitrogens is 1. The summed E-state index contributed by atoms with van der Waals surface area (Å²) in [5.74, 6) is 0. The van der Waals surface area contributed by atoms with E-state index in [1.54, 1.807) is 29.5 Å². The maximum Gasteiger partial charge on any atom is 0.261 e. The molecule has 7 heteroatoms. The summed E-state index contributed by atoms with van der Waals surface area (Å²) in [6.07, 6.45) is 0. The number of thiophene rings is 1. The Morgan fingerprint density at radius 2 is 1.72 bits per heavy atom. The van der Waals surface area contributed by atoms with E-state index in [-0.39, 0.29) is 4.90 Å². The van der Waals surface area contributed by atoms with Gasteiger partial charge in [0.15, 0.2) is 0 Å². The minimum Gasteiger partial charge on any atom is -0.279 e. The molecule has 0 aliphatic carbocycles. The molecular weight excluding hydrogens is 424 g/mol. The van der Waals surface area contributed by atoms with E-state index in [9.17, 15) is 8.42 Å². The van der Waals surface area contributed by atoms with Crippen molar-refractivity contribution in [2.75, 3.05) is 4.72 Å². The number of benzene rings is 2. The Balaban J connectivity index is 1.91. The fraction of sp³-hybridized carbons (Fsp3) is 0.136. The Labute approximate surface area is 179 Å². The van der Waals surface area contributed by atoms with Gasteiger partial charge in [-0.3, -0.25) is 4.72 Å². The average Bonchev–Trinajstić information content (AvgIpc) is 2.98. The monoisotopic (exact) mass is 442 g/mol. The molecule has 0 saturated carbocycles. The molecule has 2 heterocycles. The van der Waals surface area contributed by atoms with Gasteiger partial charge in [-0.1, -0.05) is 47.5 Å². The third kappa shape index (κ3) is 3.88. The molecule has 4 nitrogen and oxygen atoms in total. The highest BCUT2D eigenvalue weighted by Gasteiger charge is 2.21. The summed E-state index contributed by atoms with van der Waals surface area (Å²) in [6, 6.07) is 16.2. The van der Waals surface area contributed by atoms with Gasteiger partial charge in [-0.2, -0.15) is 0 Å². The highest BCUT2D eigenvalue weighted by molar-refractivity contribution is 7.92. The molecule has 148 valence electrons. The minimum atomic E-state index is -3.80. The molecule has 0 saturated heterocycles. The fourth-order valence-electron chi connectivity index (χ4n) is 3.32. The summed E-state index contributed by atoms with van der Waals surface area (Å²) in [5.41, 5.74) is 4.47. The van der Waals surface area contributed by atoms with E-state index in [0.717, 1.165) is 31.9 Å². The summed E-state index contributed by atoms with van der Waals surface area (Å²) in [4.78, 5) is 6.66. The van der Waals surface area contributed by atoms with Crippen molar-refractivity contribution in [1.82, 2.24) is 4.98 Å². The molecule has 0 aliphatic heterocycles. The van der Waals surface area contributed by atoms with Gasteiger partial charge in [-0.15, -0.1) is 11.3 Å². The van der Waals surface area contributed by atoms with Crippen molar-refractivity contribution >= 4 is 48.9 Å². The van der Waals surface area contributed by atoms with Crippen LogP contribution < -0.4 is 4.72 Å². The number of anilines is 1. The number of pyridine rings is 1. The van der Waals surface area contributed by atoms with Crippen LogP contribution in [-0.4, -0.2) is 13.4 Å². The number of nitrogens with zero attached hydrogens (tertiary/aromatic N) is 1. The van der Waals surface area contributed by atoms with Crippen LogP contribution in [0.5, 0.6) is 0 Å². The lowest BCUT2D eigenvalue weighted by Crippen LogP contribution is -2.13. The summed E-state index contributed by atoms with van der Waals surface area (Å²) < 4.78 is 28.8. The third-order valence-corrected chi connectivity index (χ3v) is 7.25. The van der Waals surface area contributed by atoms with Crippen molar-refractivity contribution in [3.63, 3.8) is 0 Å². The van der Waals surface area contributed by atoms with Crippen LogP contribution >= 0.6 is 22.9 Å². The first-order chi connectivity index (χ1) is 13.7. The Morgan fingerprint density at radius 3 is 2.41 bits per heavy atom. The smallest absolute Gasteiger partial charge is 0.261 e. The molecule has 4 aromatic rings. The first kappa shape index (κ1) is 19.9. The van der Waals surface area contributed by atoms with Crippen molar-refractivity contribution in [3.05, 3.63) is 75.8 Å². The van der Waals surface area contributed by atoms with E-state index in [2.05, 4.69) is 34.0 Å². The highest BCUT2D eigenvalue weighted by atomic mass is 35.5. The second-order valence-electron chi connectivity index (χ2n) is 6.95. The molecule has 0 atom stereocenters. The number of rotatable bonds is 4. The summed E-state index contributed by atoms with van der Waals surface area (Å²) >= 11 is 7.56. The fourth-order valence-corrected chi connectivity index (χ4v) is 5.80. The number of aryl methyl sites for hydroxylation is 3. The number of fused-ring (bicyclic) bond motifs is 1. The molecule has 29 heavy (non-hydrogen) atoms. The molecule has 0 fully saturated rings. The van der Waals surface area contributed by atoms with Crippen LogP contribution in [0.4, 0.5) is 5.69 Å². The molecule has 2 aromatic heterocycles. The van der Waals surface area contributed by atoms with Gasteiger partial charge in [-0.25, -0.2) is 13.4 Å². The molecule has 0 radical (unpaired) electrons. The van der Waals surface area contributed by atoms with Crippen LogP contribution in [0.3, 0.4) is 0 Å². The zero-order chi connectivity index (χ0) is 20.8. The van der Waals surface area contributed by atoms with Gasteiger partial charge in [-0.05, 0) is 50.6 Å². The molecule has 0 amide bonds. The van der Waals surface area contributed by atoms with Crippen molar-refractivity contribution in [3.8, 4) is 11.1 Å². The minimum absolute atomic E-state index is 0.122. The first-order valence-corrected chi connectivity index (χ1v) is 11.7. The average molecular weight is 443 g/mol. The van der Waals surface area contributed by atoms with E-state index in [4.69, 9.17) is 11.6 Å². The van der Waals surface area contributed by atoms with Crippen molar-refractivity contribution in [2.45, 2.75) is 25.7 Å². The Morgan fingerprint density at radius 1 is 1.00 bits per heavy atom. The normalized spacial score (nSPS) is 11.7. The standard InChI is InChI=1S/C22H19ClN2O2S2/c1-13-7-9-16(10-8-13)20-15(3)28-22-21(20)19(11-14(2)24-22)25-29(26,27)18-6-4-5-17(23)12-18/h4-12H,1-3H3,(H,24,25). The van der Waals surface area contributed by atoms with Crippen LogP contribution in [0.15, 0.2) is 59.5 Å². The van der Waals surface area contributed by atoms with Gasteiger partial charge in [0.25, 0.3) is 10.0 Å². The zero-order valence-corrected chi connectivity index (χ0v) is 18.5. The largest absolute Gasteiger partial charge is 0.279 e.